The average Bonchev–Trinajstić information content (AvgIpc) is 3.59. The maximum absolute atomic E-state index is 12.5. The van der Waals surface area contributed by atoms with Crippen molar-refractivity contribution in [1.29, 1.82) is 0 Å². The predicted octanol–water partition coefficient (Wildman–Crippen LogP) is 4.95. The van der Waals surface area contributed by atoms with Crippen molar-refractivity contribution in [3.8, 4) is 11.5 Å². The zero-order chi connectivity index (χ0) is 23.3. The molecule has 7 heteroatoms. The molecule has 0 radical (unpaired) electrons. The van der Waals surface area contributed by atoms with Crippen molar-refractivity contribution in [2.75, 3.05) is 12.4 Å². The maximum Gasteiger partial charge on any atom is 0.315 e. The van der Waals surface area contributed by atoms with Crippen LogP contribution in [-0.4, -0.2) is 25.2 Å². The Balaban J connectivity index is 1.54. The number of carbonyl (C=O) groups excluding carboxylic acids is 2. The van der Waals surface area contributed by atoms with Gasteiger partial charge in [-0.3, -0.25) is 4.79 Å². The van der Waals surface area contributed by atoms with Crippen LogP contribution >= 0.6 is 0 Å². The van der Waals surface area contributed by atoms with Gasteiger partial charge in [0.25, 0.3) is 0 Å². The number of urea groups is 1. The van der Waals surface area contributed by atoms with E-state index in [-0.39, 0.29) is 36.0 Å². The number of carbonyl (C=O) groups is 2. The monoisotopic (exact) mass is 439 g/mol. The number of ether oxygens (including phenoxy) is 2. The van der Waals surface area contributed by atoms with E-state index < -0.39 is 0 Å². The normalized spacial score (nSPS) is 14.9. The summed E-state index contributed by atoms with van der Waals surface area (Å²) in [6.07, 6.45) is 1.99. The molecular weight excluding hydrogens is 406 g/mol. The topological polar surface area (TPSA) is 88.7 Å². The number of anilines is 1. The summed E-state index contributed by atoms with van der Waals surface area (Å²) >= 11 is 0. The minimum absolute atomic E-state index is 0.0427. The van der Waals surface area contributed by atoms with Crippen LogP contribution in [0.4, 0.5) is 10.5 Å². The van der Waals surface area contributed by atoms with Gasteiger partial charge in [0.15, 0.2) is 11.5 Å². The minimum atomic E-state index is -0.266. The van der Waals surface area contributed by atoms with Crippen LogP contribution in [0.15, 0.2) is 42.5 Å². The number of amides is 3. The van der Waals surface area contributed by atoms with Gasteiger partial charge in [-0.1, -0.05) is 18.2 Å². The molecule has 0 bridgehead atoms. The number of hydrogen-bond donors (Lipinski definition) is 3. The van der Waals surface area contributed by atoms with E-state index in [1.807, 2.05) is 70.2 Å². The lowest BCUT2D eigenvalue weighted by molar-refractivity contribution is -0.117. The second-order valence-electron chi connectivity index (χ2n) is 8.52. The van der Waals surface area contributed by atoms with Gasteiger partial charge in [0, 0.05) is 11.6 Å². The van der Waals surface area contributed by atoms with Gasteiger partial charge < -0.3 is 25.4 Å². The third-order valence-corrected chi connectivity index (χ3v) is 5.37. The van der Waals surface area contributed by atoms with E-state index in [9.17, 15) is 9.59 Å². The predicted molar refractivity (Wildman–Crippen MR) is 125 cm³/mol. The summed E-state index contributed by atoms with van der Waals surface area (Å²) in [6, 6.07) is 12.5. The van der Waals surface area contributed by atoms with Gasteiger partial charge in [0.1, 0.15) is 0 Å². The molecule has 3 rings (SSSR count). The van der Waals surface area contributed by atoms with E-state index in [0.717, 1.165) is 29.7 Å². The first-order chi connectivity index (χ1) is 15.3. The van der Waals surface area contributed by atoms with Gasteiger partial charge in [-0.15, -0.1) is 0 Å². The molecule has 1 aliphatic rings. The lowest BCUT2D eigenvalue weighted by atomic mass is 10.1. The second kappa shape index (κ2) is 10.4. The van der Waals surface area contributed by atoms with Gasteiger partial charge in [0.2, 0.25) is 5.91 Å². The van der Waals surface area contributed by atoms with Crippen molar-refractivity contribution in [2.24, 2.45) is 5.92 Å². The molecule has 7 nitrogen and oxygen atoms in total. The average molecular weight is 440 g/mol. The Kier molecular flexibility index (Phi) is 7.62. The quantitative estimate of drug-likeness (QED) is 0.516. The van der Waals surface area contributed by atoms with Crippen LogP contribution in [0.5, 0.6) is 11.5 Å². The van der Waals surface area contributed by atoms with Crippen molar-refractivity contribution < 1.29 is 19.1 Å². The van der Waals surface area contributed by atoms with Gasteiger partial charge >= 0.3 is 6.03 Å². The van der Waals surface area contributed by atoms with Gasteiger partial charge in [-0.25, -0.2) is 4.79 Å². The van der Waals surface area contributed by atoms with E-state index in [2.05, 4.69) is 16.0 Å². The molecule has 32 heavy (non-hydrogen) atoms. The number of nitrogens with one attached hydrogen (secondary N) is 3. The Morgan fingerprint density at radius 3 is 2.03 bits per heavy atom. The fourth-order valence-electron chi connectivity index (χ4n) is 3.35. The molecule has 0 heterocycles. The summed E-state index contributed by atoms with van der Waals surface area (Å²) in [4.78, 5) is 24.4. The number of methoxy groups -OCH3 is 1. The largest absolute Gasteiger partial charge is 0.493 e. The Hall–Kier alpha value is -3.22. The first-order valence-corrected chi connectivity index (χ1v) is 11.1. The van der Waals surface area contributed by atoms with E-state index in [1.165, 1.54) is 0 Å². The smallest absolute Gasteiger partial charge is 0.315 e. The molecule has 0 aromatic heterocycles. The zero-order valence-corrected chi connectivity index (χ0v) is 19.4. The van der Waals surface area contributed by atoms with Gasteiger partial charge in [-0.05, 0) is 75.9 Å². The fraction of sp³-hybridized carbons (Fsp3) is 0.440. The molecule has 3 N–H and O–H groups in total. The molecule has 0 saturated heterocycles. The molecular formula is C25H33N3O4. The van der Waals surface area contributed by atoms with Crippen LogP contribution in [-0.2, 0) is 4.79 Å². The maximum atomic E-state index is 12.5. The Morgan fingerprint density at radius 2 is 1.47 bits per heavy atom. The van der Waals surface area contributed by atoms with Crippen LogP contribution in [0.2, 0.25) is 0 Å². The summed E-state index contributed by atoms with van der Waals surface area (Å²) in [5.74, 6) is 1.55. The van der Waals surface area contributed by atoms with Crippen LogP contribution in [0.25, 0.3) is 0 Å². The molecule has 2 unspecified atom stereocenters. The van der Waals surface area contributed by atoms with E-state index in [0.29, 0.717) is 11.5 Å². The van der Waals surface area contributed by atoms with Crippen LogP contribution in [0, 0.1) is 5.92 Å². The third-order valence-electron chi connectivity index (χ3n) is 5.37. The summed E-state index contributed by atoms with van der Waals surface area (Å²) in [7, 11) is 1.60. The standard InChI is InChI=1S/C25H33N3O4/c1-15(2)32-22-13-10-20(14-23(22)31-5)17(4)27-25(30)26-16(3)18-8-11-21(12-9-18)28-24(29)19-6-7-19/h8-17,19H,6-7H2,1-5H3,(H,28,29)(H2,26,27,30). The lowest BCUT2D eigenvalue weighted by Gasteiger charge is -2.20. The number of hydrogen-bond acceptors (Lipinski definition) is 4. The molecule has 2 atom stereocenters. The molecule has 3 amide bonds. The first kappa shape index (κ1) is 23.4. The minimum Gasteiger partial charge on any atom is -0.493 e. The lowest BCUT2D eigenvalue weighted by Crippen LogP contribution is -2.38. The molecule has 2 aromatic carbocycles. The number of benzene rings is 2. The highest BCUT2D eigenvalue weighted by Gasteiger charge is 2.29. The van der Waals surface area contributed by atoms with E-state index in [1.54, 1.807) is 7.11 Å². The van der Waals surface area contributed by atoms with Crippen molar-refractivity contribution >= 4 is 17.6 Å². The molecule has 0 spiro atoms. The van der Waals surface area contributed by atoms with Crippen LogP contribution in [0.3, 0.4) is 0 Å². The molecule has 172 valence electrons. The highest BCUT2D eigenvalue weighted by molar-refractivity contribution is 5.94. The zero-order valence-electron chi connectivity index (χ0n) is 19.4. The molecule has 1 fully saturated rings. The molecule has 1 saturated carbocycles. The first-order valence-electron chi connectivity index (χ1n) is 11.1. The molecule has 0 aliphatic heterocycles. The Morgan fingerprint density at radius 1 is 0.875 bits per heavy atom. The Bertz CT molecular complexity index is 939. The van der Waals surface area contributed by atoms with Gasteiger partial charge in [0.05, 0.1) is 25.3 Å². The summed E-state index contributed by atoms with van der Waals surface area (Å²) in [5.41, 5.74) is 2.64. The SMILES string of the molecule is COc1cc(C(C)NC(=O)NC(C)c2ccc(NC(=O)C3CC3)cc2)ccc1OC(C)C. The molecule has 1 aliphatic carbocycles. The van der Waals surface area contributed by atoms with Crippen molar-refractivity contribution in [3.05, 3.63) is 53.6 Å². The van der Waals surface area contributed by atoms with Crippen LogP contribution < -0.4 is 25.4 Å². The molecule has 2 aromatic rings. The Labute approximate surface area is 189 Å². The van der Waals surface area contributed by atoms with Crippen LogP contribution in [0.1, 0.15) is 63.7 Å². The fourth-order valence-corrected chi connectivity index (χ4v) is 3.35. The van der Waals surface area contributed by atoms with E-state index >= 15 is 0 Å². The summed E-state index contributed by atoms with van der Waals surface area (Å²) < 4.78 is 11.2. The van der Waals surface area contributed by atoms with Crippen molar-refractivity contribution in [1.82, 2.24) is 10.6 Å². The highest BCUT2D eigenvalue weighted by Crippen LogP contribution is 2.31. The highest BCUT2D eigenvalue weighted by atomic mass is 16.5. The van der Waals surface area contributed by atoms with E-state index in [4.69, 9.17) is 9.47 Å². The third kappa shape index (κ3) is 6.39. The second-order valence-corrected chi connectivity index (χ2v) is 8.52. The van der Waals surface area contributed by atoms with Crippen molar-refractivity contribution in [3.63, 3.8) is 0 Å². The number of rotatable bonds is 9. The summed E-state index contributed by atoms with van der Waals surface area (Å²) in [5, 5.41) is 8.84. The van der Waals surface area contributed by atoms with Crippen molar-refractivity contribution in [2.45, 2.75) is 58.7 Å². The van der Waals surface area contributed by atoms with Gasteiger partial charge in [-0.2, -0.15) is 0 Å². The summed E-state index contributed by atoms with van der Waals surface area (Å²) in [6.45, 7) is 7.75.